The lowest BCUT2D eigenvalue weighted by Crippen LogP contribution is -2.48. The summed E-state index contributed by atoms with van der Waals surface area (Å²) < 4.78 is 41.8. The lowest BCUT2D eigenvalue weighted by Gasteiger charge is -2.18. The molecule has 3 N–H and O–H groups in total. The van der Waals surface area contributed by atoms with Crippen LogP contribution in [0, 0.1) is 0 Å². The summed E-state index contributed by atoms with van der Waals surface area (Å²) in [6.45, 7) is -0.380. The van der Waals surface area contributed by atoms with Gasteiger partial charge in [0, 0.05) is 18.2 Å². The molecule has 0 fully saturated rings. The molecule has 0 bridgehead atoms. The molecule has 2 aromatic rings. The first kappa shape index (κ1) is 24.4. The van der Waals surface area contributed by atoms with E-state index >= 15 is 0 Å². The zero-order chi connectivity index (χ0) is 24.0. The standard InChI is InChI=1S/C22H21F3N2O5S/c23-22(24,25)33-10-9-26-20(30)18(11-19(28)29)27-21(31)32-12-17-15-7-3-1-5-13(15)14-6-2-4-8-16(14)17/h1-8,17-18H,9-12H2,(H,26,30)(H,27,31)(H,28,29). The molecule has 33 heavy (non-hydrogen) atoms. The third kappa shape index (κ3) is 6.64. The van der Waals surface area contributed by atoms with E-state index in [0.717, 1.165) is 22.3 Å². The number of carboxylic acid groups (broad SMARTS) is 1. The van der Waals surface area contributed by atoms with Gasteiger partial charge in [0.25, 0.3) is 0 Å². The zero-order valence-electron chi connectivity index (χ0n) is 17.2. The second-order valence-corrected chi connectivity index (χ2v) is 8.37. The van der Waals surface area contributed by atoms with Gasteiger partial charge in [-0.15, -0.1) is 0 Å². The van der Waals surface area contributed by atoms with Crippen LogP contribution in [0.25, 0.3) is 11.1 Å². The fraction of sp³-hybridized carbons (Fsp3) is 0.318. The van der Waals surface area contributed by atoms with E-state index in [1.807, 2.05) is 48.5 Å². The van der Waals surface area contributed by atoms with Crippen molar-refractivity contribution in [3.63, 3.8) is 0 Å². The Balaban J connectivity index is 1.58. The van der Waals surface area contributed by atoms with Crippen molar-refractivity contribution in [2.24, 2.45) is 0 Å². The average Bonchev–Trinajstić information content (AvgIpc) is 3.07. The van der Waals surface area contributed by atoms with E-state index in [2.05, 4.69) is 10.6 Å². The normalized spacial score (nSPS) is 13.5. The smallest absolute Gasteiger partial charge is 0.441 e. The first-order chi connectivity index (χ1) is 15.7. The predicted molar refractivity (Wildman–Crippen MR) is 116 cm³/mol. The molecule has 2 amide bonds. The Hall–Kier alpha value is -3.21. The number of alkyl carbamates (subject to hydrolysis) is 1. The number of amides is 2. The highest BCUT2D eigenvalue weighted by molar-refractivity contribution is 8.00. The minimum absolute atomic E-state index is 0.0382. The summed E-state index contributed by atoms with van der Waals surface area (Å²) in [5.74, 6) is -2.94. The van der Waals surface area contributed by atoms with Crippen LogP contribution in [0.4, 0.5) is 18.0 Å². The summed E-state index contributed by atoms with van der Waals surface area (Å²) in [7, 11) is 0. The number of ether oxygens (including phenoxy) is 1. The topological polar surface area (TPSA) is 105 Å². The Labute approximate surface area is 191 Å². The molecule has 1 aliphatic carbocycles. The van der Waals surface area contributed by atoms with Gasteiger partial charge in [-0.25, -0.2) is 4.79 Å². The van der Waals surface area contributed by atoms with Gasteiger partial charge >= 0.3 is 17.6 Å². The van der Waals surface area contributed by atoms with Crippen molar-refractivity contribution in [1.29, 1.82) is 0 Å². The molecule has 1 unspecified atom stereocenters. The van der Waals surface area contributed by atoms with E-state index < -0.39 is 41.7 Å². The zero-order valence-corrected chi connectivity index (χ0v) is 18.0. The van der Waals surface area contributed by atoms with Gasteiger partial charge in [0.1, 0.15) is 12.6 Å². The van der Waals surface area contributed by atoms with Gasteiger partial charge in [0.2, 0.25) is 5.91 Å². The van der Waals surface area contributed by atoms with E-state index in [-0.39, 0.29) is 30.8 Å². The maximum atomic E-state index is 12.3. The number of benzene rings is 2. The van der Waals surface area contributed by atoms with Gasteiger partial charge < -0.3 is 20.5 Å². The van der Waals surface area contributed by atoms with Gasteiger partial charge in [-0.1, -0.05) is 48.5 Å². The molecule has 0 aliphatic heterocycles. The Kier molecular flexibility index (Phi) is 7.85. The first-order valence-electron chi connectivity index (χ1n) is 9.97. The van der Waals surface area contributed by atoms with Crippen molar-refractivity contribution in [2.75, 3.05) is 18.9 Å². The van der Waals surface area contributed by atoms with E-state index in [9.17, 15) is 27.6 Å². The van der Waals surface area contributed by atoms with Crippen LogP contribution in [0.1, 0.15) is 23.5 Å². The molecular formula is C22H21F3N2O5S. The molecular weight excluding hydrogens is 461 g/mol. The van der Waals surface area contributed by atoms with Gasteiger partial charge in [0.15, 0.2) is 0 Å². The lowest BCUT2D eigenvalue weighted by molar-refractivity contribution is -0.139. The van der Waals surface area contributed by atoms with Crippen molar-refractivity contribution in [3.8, 4) is 11.1 Å². The number of alkyl halides is 3. The maximum absolute atomic E-state index is 12.3. The molecule has 176 valence electrons. The number of carboxylic acids is 1. The second-order valence-electron chi connectivity index (χ2n) is 7.21. The van der Waals surface area contributed by atoms with Crippen molar-refractivity contribution in [3.05, 3.63) is 59.7 Å². The molecule has 1 atom stereocenters. The molecule has 7 nitrogen and oxygen atoms in total. The quantitative estimate of drug-likeness (QED) is 0.471. The number of halogens is 3. The maximum Gasteiger partial charge on any atom is 0.441 e. The van der Waals surface area contributed by atoms with Crippen LogP contribution in [0.3, 0.4) is 0 Å². The minimum atomic E-state index is -4.44. The van der Waals surface area contributed by atoms with Crippen LogP contribution in [0.2, 0.25) is 0 Å². The van der Waals surface area contributed by atoms with Crippen molar-refractivity contribution < 1.29 is 37.4 Å². The highest BCUT2D eigenvalue weighted by Gasteiger charge is 2.31. The van der Waals surface area contributed by atoms with E-state index in [0.29, 0.717) is 0 Å². The SMILES string of the molecule is O=C(O)CC(NC(=O)OCC1c2ccccc2-c2ccccc21)C(=O)NCCSC(F)(F)F. The first-order valence-corrected chi connectivity index (χ1v) is 11.0. The van der Waals surface area contributed by atoms with Crippen molar-refractivity contribution in [2.45, 2.75) is 23.9 Å². The third-order valence-electron chi connectivity index (χ3n) is 5.00. The lowest BCUT2D eigenvalue weighted by atomic mass is 9.98. The second kappa shape index (κ2) is 10.6. The Morgan fingerprint density at radius 2 is 1.61 bits per heavy atom. The number of aliphatic carboxylic acids is 1. The fourth-order valence-corrected chi connectivity index (χ4v) is 4.07. The molecule has 0 heterocycles. The molecule has 0 radical (unpaired) electrons. The van der Waals surface area contributed by atoms with Crippen molar-refractivity contribution in [1.82, 2.24) is 10.6 Å². The molecule has 11 heteroatoms. The van der Waals surface area contributed by atoms with Gasteiger partial charge in [0.05, 0.1) is 6.42 Å². The summed E-state index contributed by atoms with van der Waals surface area (Å²) in [6.07, 6.45) is -1.74. The number of hydrogen-bond acceptors (Lipinski definition) is 5. The summed E-state index contributed by atoms with van der Waals surface area (Å²) in [4.78, 5) is 35.6. The number of rotatable bonds is 9. The number of fused-ring (bicyclic) bond motifs is 3. The van der Waals surface area contributed by atoms with Crippen LogP contribution in [0.5, 0.6) is 0 Å². The Bertz CT molecular complexity index is 986. The summed E-state index contributed by atoms with van der Waals surface area (Å²) >= 11 is -0.317. The summed E-state index contributed by atoms with van der Waals surface area (Å²) in [6, 6.07) is 13.9. The monoisotopic (exact) mass is 482 g/mol. The van der Waals surface area contributed by atoms with Gasteiger partial charge in [-0.05, 0) is 34.0 Å². The molecule has 1 aliphatic rings. The molecule has 3 rings (SSSR count). The average molecular weight is 482 g/mol. The number of nitrogens with one attached hydrogen (secondary N) is 2. The number of thioether (sulfide) groups is 1. The van der Waals surface area contributed by atoms with Gasteiger partial charge in [-0.2, -0.15) is 13.2 Å². The van der Waals surface area contributed by atoms with Gasteiger partial charge in [-0.3, -0.25) is 9.59 Å². The Morgan fingerprint density at radius 3 is 2.15 bits per heavy atom. The van der Waals surface area contributed by atoms with Crippen molar-refractivity contribution >= 4 is 29.7 Å². The van der Waals surface area contributed by atoms with Crippen LogP contribution in [-0.2, 0) is 14.3 Å². The molecule has 0 aromatic heterocycles. The highest BCUT2D eigenvalue weighted by atomic mass is 32.2. The largest absolute Gasteiger partial charge is 0.481 e. The number of hydrogen-bond donors (Lipinski definition) is 3. The molecule has 0 saturated heterocycles. The van der Waals surface area contributed by atoms with E-state index in [1.165, 1.54) is 0 Å². The van der Waals surface area contributed by atoms with E-state index in [4.69, 9.17) is 9.84 Å². The number of carbonyl (C=O) groups is 3. The molecule has 0 spiro atoms. The number of carbonyl (C=O) groups excluding carboxylic acids is 2. The summed E-state index contributed by atoms with van der Waals surface area (Å²) in [5.41, 5.74) is -0.420. The highest BCUT2D eigenvalue weighted by Crippen LogP contribution is 2.44. The summed E-state index contributed by atoms with van der Waals surface area (Å²) in [5, 5.41) is 13.4. The third-order valence-corrected chi connectivity index (χ3v) is 5.73. The van der Waals surface area contributed by atoms with Crippen LogP contribution < -0.4 is 10.6 Å². The molecule has 2 aromatic carbocycles. The predicted octanol–water partition coefficient (Wildman–Crippen LogP) is 3.74. The van der Waals surface area contributed by atoms with Crippen LogP contribution in [0.15, 0.2) is 48.5 Å². The molecule has 0 saturated carbocycles. The Morgan fingerprint density at radius 1 is 1.03 bits per heavy atom. The minimum Gasteiger partial charge on any atom is -0.481 e. The van der Waals surface area contributed by atoms with Crippen LogP contribution in [-0.4, -0.2) is 53.5 Å². The van der Waals surface area contributed by atoms with E-state index in [1.54, 1.807) is 0 Å². The fourth-order valence-electron chi connectivity index (χ4n) is 3.63. The van der Waals surface area contributed by atoms with Crippen LogP contribution >= 0.6 is 11.8 Å².